The van der Waals surface area contributed by atoms with E-state index in [-0.39, 0.29) is 11.4 Å². The van der Waals surface area contributed by atoms with Crippen molar-refractivity contribution in [2.24, 2.45) is 5.73 Å². The van der Waals surface area contributed by atoms with Gasteiger partial charge in [-0.15, -0.1) is 0 Å². The summed E-state index contributed by atoms with van der Waals surface area (Å²) < 4.78 is 0. The largest absolute Gasteiger partial charge is 0.339 e. The van der Waals surface area contributed by atoms with E-state index >= 15 is 0 Å². The molecule has 3 nitrogen and oxygen atoms in total. The van der Waals surface area contributed by atoms with Crippen LogP contribution in [0, 0.1) is 0 Å². The topological polar surface area (TPSA) is 46.3 Å². The van der Waals surface area contributed by atoms with Crippen molar-refractivity contribution in [1.82, 2.24) is 4.90 Å². The third-order valence-corrected chi connectivity index (χ3v) is 2.58. The van der Waals surface area contributed by atoms with Crippen LogP contribution >= 0.6 is 0 Å². The molecule has 13 heavy (non-hydrogen) atoms. The summed E-state index contributed by atoms with van der Waals surface area (Å²) in [5.41, 5.74) is 5.97. The third kappa shape index (κ3) is 2.44. The summed E-state index contributed by atoms with van der Waals surface area (Å²) in [6.45, 7) is 5.68. The summed E-state index contributed by atoms with van der Waals surface area (Å²) in [5, 5.41) is 0. The molecule has 0 bridgehead atoms. The van der Waals surface area contributed by atoms with Crippen molar-refractivity contribution in [1.29, 1.82) is 0 Å². The van der Waals surface area contributed by atoms with E-state index in [0.717, 1.165) is 32.4 Å². The highest BCUT2D eigenvalue weighted by Gasteiger charge is 2.40. The number of carbonyl (C=O) groups is 1. The molecule has 1 rings (SSSR count). The highest BCUT2D eigenvalue weighted by atomic mass is 16.2. The monoisotopic (exact) mass is 184 g/mol. The lowest BCUT2D eigenvalue weighted by molar-refractivity contribution is -0.138. The number of likely N-dealkylation sites (tertiary alicyclic amines) is 1. The third-order valence-electron chi connectivity index (χ3n) is 2.58. The number of hydrogen-bond acceptors (Lipinski definition) is 2. The maximum atomic E-state index is 11.4. The summed E-state index contributed by atoms with van der Waals surface area (Å²) in [5.74, 6) is 0.264. The average Bonchev–Trinajstić information content (AvgIpc) is 2.01. The summed E-state index contributed by atoms with van der Waals surface area (Å²) >= 11 is 0. The Hall–Kier alpha value is -0.570. The molecule has 1 saturated heterocycles. The molecule has 0 spiro atoms. The molecule has 76 valence electrons. The Bertz CT molecular complexity index is 185. The minimum Gasteiger partial charge on any atom is -0.339 e. The summed E-state index contributed by atoms with van der Waals surface area (Å²) in [7, 11) is 0. The predicted octanol–water partition coefficient (Wildman–Crippen LogP) is 1.13. The highest BCUT2D eigenvalue weighted by Crippen LogP contribution is 2.23. The molecule has 1 aliphatic rings. The first-order chi connectivity index (χ1) is 6.11. The number of nitrogens with two attached hydrogens (primary N) is 1. The first-order valence-electron chi connectivity index (χ1n) is 5.18. The van der Waals surface area contributed by atoms with Gasteiger partial charge >= 0.3 is 0 Å². The molecule has 1 aliphatic heterocycles. The van der Waals surface area contributed by atoms with E-state index < -0.39 is 0 Å². The molecule has 3 heteroatoms. The van der Waals surface area contributed by atoms with Crippen LogP contribution in [0.15, 0.2) is 0 Å². The van der Waals surface area contributed by atoms with Crippen LogP contribution in [-0.2, 0) is 4.79 Å². The second-order valence-electron chi connectivity index (χ2n) is 4.11. The fraction of sp³-hybridized carbons (Fsp3) is 0.900. The van der Waals surface area contributed by atoms with E-state index in [0.29, 0.717) is 6.42 Å². The first-order valence-corrected chi connectivity index (χ1v) is 5.18. The lowest BCUT2D eigenvalue weighted by atomic mass is 9.86. The zero-order chi connectivity index (χ0) is 9.90. The molecule has 0 saturated carbocycles. The Balaban J connectivity index is 2.27. The Morgan fingerprint density at radius 1 is 1.38 bits per heavy atom. The molecule has 1 amide bonds. The number of carbonyl (C=O) groups excluding carboxylic acids is 1. The zero-order valence-electron chi connectivity index (χ0n) is 8.68. The van der Waals surface area contributed by atoms with E-state index in [1.807, 2.05) is 11.8 Å². The molecule has 1 heterocycles. The summed E-state index contributed by atoms with van der Waals surface area (Å²) in [6, 6.07) is 0. The van der Waals surface area contributed by atoms with Gasteiger partial charge in [0.15, 0.2) is 0 Å². The van der Waals surface area contributed by atoms with E-state index in [1.54, 1.807) is 0 Å². The fourth-order valence-corrected chi connectivity index (χ4v) is 1.92. The van der Waals surface area contributed by atoms with Crippen molar-refractivity contribution in [2.75, 3.05) is 13.1 Å². The molecule has 0 radical (unpaired) electrons. The van der Waals surface area contributed by atoms with E-state index in [2.05, 4.69) is 6.92 Å². The Kier molecular flexibility index (Phi) is 3.31. The minimum absolute atomic E-state index is 0.0713. The number of amides is 1. The van der Waals surface area contributed by atoms with Crippen molar-refractivity contribution in [2.45, 2.75) is 45.1 Å². The molecule has 0 aromatic heterocycles. The van der Waals surface area contributed by atoms with E-state index in [1.165, 1.54) is 0 Å². The van der Waals surface area contributed by atoms with Gasteiger partial charge in [0.05, 0.1) is 5.54 Å². The number of hydrogen-bond donors (Lipinski definition) is 1. The van der Waals surface area contributed by atoms with Crippen LogP contribution in [0.3, 0.4) is 0 Å². The second-order valence-corrected chi connectivity index (χ2v) is 4.11. The van der Waals surface area contributed by atoms with Gasteiger partial charge in [0.1, 0.15) is 0 Å². The SMILES string of the molecule is CCCC(=O)N1CC(N)(CCC)C1. The molecular formula is C10H20N2O. The van der Waals surface area contributed by atoms with Gasteiger partial charge in [-0.3, -0.25) is 4.79 Å². The Morgan fingerprint density at radius 3 is 2.46 bits per heavy atom. The van der Waals surface area contributed by atoms with Gasteiger partial charge in [-0.2, -0.15) is 0 Å². The molecule has 2 N–H and O–H groups in total. The van der Waals surface area contributed by atoms with Crippen LogP contribution in [-0.4, -0.2) is 29.4 Å². The van der Waals surface area contributed by atoms with Gasteiger partial charge in [-0.25, -0.2) is 0 Å². The van der Waals surface area contributed by atoms with Crippen LogP contribution < -0.4 is 5.73 Å². The molecule has 0 atom stereocenters. The van der Waals surface area contributed by atoms with Gasteiger partial charge in [-0.1, -0.05) is 20.3 Å². The summed E-state index contributed by atoms with van der Waals surface area (Å²) in [4.78, 5) is 13.3. The van der Waals surface area contributed by atoms with Crippen molar-refractivity contribution in [3.63, 3.8) is 0 Å². The van der Waals surface area contributed by atoms with Crippen molar-refractivity contribution < 1.29 is 4.79 Å². The normalized spacial score (nSPS) is 19.8. The van der Waals surface area contributed by atoms with Crippen molar-refractivity contribution in [3.8, 4) is 0 Å². The molecule has 0 aromatic rings. The maximum absolute atomic E-state index is 11.4. The molecule has 0 aromatic carbocycles. The Morgan fingerprint density at radius 2 is 2.00 bits per heavy atom. The smallest absolute Gasteiger partial charge is 0.222 e. The average molecular weight is 184 g/mol. The lowest BCUT2D eigenvalue weighted by Crippen LogP contribution is -2.68. The standard InChI is InChI=1S/C10H20N2O/c1-3-5-9(13)12-7-10(11,8-12)6-4-2/h3-8,11H2,1-2H3. The second kappa shape index (κ2) is 4.09. The summed E-state index contributed by atoms with van der Waals surface area (Å²) in [6.07, 6.45) is 3.73. The van der Waals surface area contributed by atoms with E-state index in [9.17, 15) is 4.79 Å². The van der Waals surface area contributed by atoms with Crippen LogP contribution in [0.4, 0.5) is 0 Å². The molecule has 0 aliphatic carbocycles. The molecular weight excluding hydrogens is 164 g/mol. The van der Waals surface area contributed by atoms with Gasteiger partial charge in [0.25, 0.3) is 0 Å². The fourth-order valence-electron chi connectivity index (χ4n) is 1.92. The first kappa shape index (κ1) is 10.5. The van der Waals surface area contributed by atoms with Crippen LogP contribution in [0.25, 0.3) is 0 Å². The van der Waals surface area contributed by atoms with E-state index in [4.69, 9.17) is 5.73 Å². The van der Waals surface area contributed by atoms with Crippen molar-refractivity contribution >= 4 is 5.91 Å². The highest BCUT2D eigenvalue weighted by molar-refractivity contribution is 5.77. The van der Waals surface area contributed by atoms with Crippen LogP contribution in [0.5, 0.6) is 0 Å². The van der Waals surface area contributed by atoms with Gasteiger partial charge in [0.2, 0.25) is 5.91 Å². The van der Waals surface area contributed by atoms with Gasteiger partial charge < -0.3 is 10.6 Å². The van der Waals surface area contributed by atoms with Crippen molar-refractivity contribution in [3.05, 3.63) is 0 Å². The van der Waals surface area contributed by atoms with Gasteiger partial charge in [-0.05, 0) is 12.8 Å². The lowest BCUT2D eigenvalue weighted by Gasteiger charge is -2.48. The van der Waals surface area contributed by atoms with Gasteiger partial charge in [0, 0.05) is 19.5 Å². The molecule has 1 fully saturated rings. The molecule has 0 unspecified atom stereocenters. The van der Waals surface area contributed by atoms with Crippen LogP contribution in [0.2, 0.25) is 0 Å². The maximum Gasteiger partial charge on any atom is 0.222 e. The minimum atomic E-state index is -0.0713. The number of rotatable bonds is 4. The Labute approximate surface area is 80.3 Å². The predicted molar refractivity (Wildman–Crippen MR) is 53.3 cm³/mol. The number of nitrogens with zero attached hydrogens (tertiary/aromatic N) is 1. The van der Waals surface area contributed by atoms with Crippen LogP contribution in [0.1, 0.15) is 39.5 Å². The zero-order valence-corrected chi connectivity index (χ0v) is 8.68. The quantitative estimate of drug-likeness (QED) is 0.712.